The summed E-state index contributed by atoms with van der Waals surface area (Å²) in [6.45, 7) is 0.869. The Kier molecular flexibility index (Phi) is 5.34. The molecule has 2 aromatic carbocycles. The van der Waals surface area contributed by atoms with Gasteiger partial charge >= 0.3 is 6.18 Å². The lowest BCUT2D eigenvalue weighted by atomic mass is 10.0. The molecule has 11 heteroatoms. The summed E-state index contributed by atoms with van der Waals surface area (Å²) < 4.78 is 40.0. The number of rotatable bonds is 4. The molecule has 1 aromatic heterocycles. The van der Waals surface area contributed by atoms with Crippen molar-refractivity contribution in [3.05, 3.63) is 52.0 Å². The van der Waals surface area contributed by atoms with Crippen molar-refractivity contribution in [1.82, 2.24) is 15.0 Å². The van der Waals surface area contributed by atoms with Crippen LogP contribution in [0.5, 0.6) is 0 Å². The molecule has 0 saturated heterocycles. The molecule has 0 fully saturated rings. The maximum Gasteiger partial charge on any atom is 0.417 e. The Morgan fingerprint density at radius 3 is 2.59 bits per heavy atom. The van der Waals surface area contributed by atoms with Gasteiger partial charge < -0.3 is 10.4 Å². The molecule has 0 unspecified atom stereocenters. The Balaban J connectivity index is 1.81. The van der Waals surface area contributed by atoms with E-state index in [1.54, 1.807) is 18.2 Å². The minimum absolute atomic E-state index is 0.205. The standard InChI is InChI=1S/C18H13BrF3N5O2/c1-17(29,9-27-25-14-5-3-11(19)6-15(14)26-27)16(28)24-12-4-2-10(8-23)13(7-12)18(20,21)22/h2-7,29H,9H2,1H3,(H,24,28)/t17-/m0/s1. The molecule has 0 bridgehead atoms. The van der Waals surface area contributed by atoms with Crippen LogP contribution >= 0.6 is 15.9 Å². The van der Waals surface area contributed by atoms with E-state index < -0.39 is 28.8 Å². The zero-order valence-corrected chi connectivity index (χ0v) is 16.4. The van der Waals surface area contributed by atoms with E-state index in [1.165, 1.54) is 13.0 Å². The number of fused-ring (bicyclic) bond motifs is 1. The van der Waals surface area contributed by atoms with Crippen LogP contribution in [0, 0.1) is 11.3 Å². The number of nitrogens with one attached hydrogen (secondary N) is 1. The maximum atomic E-state index is 13.1. The molecule has 7 nitrogen and oxygen atoms in total. The van der Waals surface area contributed by atoms with Gasteiger partial charge in [0.2, 0.25) is 0 Å². The van der Waals surface area contributed by atoms with Crippen molar-refractivity contribution in [2.75, 3.05) is 5.32 Å². The molecule has 0 radical (unpaired) electrons. The lowest BCUT2D eigenvalue weighted by molar-refractivity contribution is -0.138. The first-order valence-corrected chi connectivity index (χ1v) is 8.94. The van der Waals surface area contributed by atoms with Gasteiger partial charge in [0, 0.05) is 10.2 Å². The van der Waals surface area contributed by atoms with E-state index in [4.69, 9.17) is 5.26 Å². The smallest absolute Gasteiger partial charge is 0.378 e. The molecule has 29 heavy (non-hydrogen) atoms. The second-order valence-electron chi connectivity index (χ2n) is 6.46. The quantitative estimate of drug-likeness (QED) is 0.611. The number of benzene rings is 2. The van der Waals surface area contributed by atoms with E-state index in [1.807, 2.05) is 0 Å². The highest BCUT2D eigenvalue weighted by molar-refractivity contribution is 9.10. The van der Waals surface area contributed by atoms with Crippen LogP contribution in [0.15, 0.2) is 40.9 Å². The van der Waals surface area contributed by atoms with E-state index in [-0.39, 0.29) is 12.2 Å². The molecule has 0 aliphatic heterocycles. The molecule has 0 aliphatic rings. The van der Waals surface area contributed by atoms with E-state index in [0.29, 0.717) is 17.1 Å². The first-order valence-electron chi connectivity index (χ1n) is 8.15. The summed E-state index contributed by atoms with van der Waals surface area (Å²) in [5, 5.41) is 29.9. The highest BCUT2D eigenvalue weighted by Crippen LogP contribution is 2.33. The largest absolute Gasteiger partial charge is 0.417 e. The van der Waals surface area contributed by atoms with Gasteiger partial charge in [0.25, 0.3) is 5.91 Å². The monoisotopic (exact) mass is 467 g/mol. The van der Waals surface area contributed by atoms with Crippen LogP contribution in [-0.2, 0) is 17.5 Å². The van der Waals surface area contributed by atoms with E-state index >= 15 is 0 Å². The number of hydrogen-bond donors (Lipinski definition) is 2. The number of alkyl halides is 3. The predicted octanol–water partition coefficient (Wildman–Crippen LogP) is 3.47. The summed E-state index contributed by atoms with van der Waals surface area (Å²) >= 11 is 3.30. The Bertz CT molecular complexity index is 1130. The van der Waals surface area contributed by atoms with Crippen LogP contribution < -0.4 is 5.32 Å². The number of nitrogens with zero attached hydrogens (tertiary/aromatic N) is 4. The first kappa shape index (κ1) is 20.8. The fraction of sp³-hybridized carbons (Fsp3) is 0.222. The van der Waals surface area contributed by atoms with Crippen LogP contribution in [-0.4, -0.2) is 31.6 Å². The maximum absolute atomic E-state index is 13.1. The molecule has 0 aliphatic carbocycles. The number of aromatic nitrogens is 3. The van der Waals surface area contributed by atoms with Crippen LogP contribution in [0.2, 0.25) is 0 Å². The number of anilines is 1. The molecule has 1 atom stereocenters. The third-order valence-corrected chi connectivity index (χ3v) is 4.52. The third kappa shape index (κ3) is 4.55. The fourth-order valence-corrected chi connectivity index (χ4v) is 2.92. The van der Waals surface area contributed by atoms with E-state index in [2.05, 4.69) is 31.4 Å². The van der Waals surface area contributed by atoms with Crippen molar-refractivity contribution in [3.8, 4) is 6.07 Å². The first-order chi connectivity index (χ1) is 13.5. The lowest BCUT2D eigenvalue weighted by Crippen LogP contribution is -2.44. The van der Waals surface area contributed by atoms with Crippen LogP contribution in [0.1, 0.15) is 18.1 Å². The van der Waals surface area contributed by atoms with Crippen molar-refractivity contribution in [1.29, 1.82) is 5.26 Å². The summed E-state index contributed by atoms with van der Waals surface area (Å²) in [5.41, 5.74) is -2.88. The van der Waals surface area contributed by atoms with Gasteiger partial charge in [-0.15, -0.1) is 0 Å². The van der Waals surface area contributed by atoms with Crippen molar-refractivity contribution in [2.45, 2.75) is 25.2 Å². The second kappa shape index (κ2) is 7.46. The van der Waals surface area contributed by atoms with Gasteiger partial charge in [0.1, 0.15) is 11.0 Å². The number of hydrogen-bond acceptors (Lipinski definition) is 5. The van der Waals surface area contributed by atoms with Crippen molar-refractivity contribution in [3.63, 3.8) is 0 Å². The Hall–Kier alpha value is -2.97. The van der Waals surface area contributed by atoms with Crippen LogP contribution in [0.4, 0.5) is 18.9 Å². The predicted molar refractivity (Wildman–Crippen MR) is 101 cm³/mol. The summed E-state index contributed by atoms with van der Waals surface area (Å²) in [5.74, 6) is -0.946. The number of carbonyl (C=O) groups excluding carboxylic acids is 1. The molecule has 0 spiro atoms. The number of aliphatic hydroxyl groups is 1. The van der Waals surface area contributed by atoms with Crippen molar-refractivity contribution < 1.29 is 23.1 Å². The van der Waals surface area contributed by atoms with Gasteiger partial charge in [-0.1, -0.05) is 15.9 Å². The molecule has 1 heterocycles. The van der Waals surface area contributed by atoms with Gasteiger partial charge in [-0.25, -0.2) is 0 Å². The minimum atomic E-state index is -4.76. The zero-order chi connectivity index (χ0) is 21.4. The summed E-state index contributed by atoms with van der Waals surface area (Å²) in [7, 11) is 0. The number of amides is 1. The molecule has 3 aromatic rings. The normalized spacial score (nSPS) is 13.7. The van der Waals surface area contributed by atoms with Crippen molar-refractivity contribution in [2.24, 2.45) is 0 Å². The SMILES string of the molecule is C[C@](O)(Cn1nc2ccc(Br)cc2n1)C(=O)Nc1ccc(C#N)c(C(F)(F)F)c1. The molecule has 0 saturated carbocycles. The lowest BCUT2D eigenvalue weighted by Gasteiger charge is -2.22. The molecule has 2 N–H and O–H groups in total. The zero-order valence-electron chi connectivity index (χ0n) is 14.8. The van der Waals surface area contributed by atoms with Crippen molar-refractivity contribution >= 4 is 38.6 Å². The fourth-order valence-electron chi connectivity index (χ4n) is 2.57. The number of halogens is 4. The highest BCUT2D eigenvalue weighted by atomic mass is 79.9. The molecular weight excluding hydrogens is 455 g/mol. The average Bonchev–Trinajstić information content (AvgIpc) is 3.01. The average molecular weight is 468 g/mol. The highest BCUT2D eigenvalue weighted by Gasteiger charge is 2.35. The van der Waals surface area contributed by atoms with E-state index in [9.17, 15) is 23.1 Å². The van der Waals surface area contributed by atoms with Crippen LogP contribution in [0.25, 0.3) is 11.0 Å². The molecule has 150 valence electrons. The summed E-state index contributed by atoms with van der Waals surface area (Å²) in [6, 6.07) is 9.38. The second-order valence-corrected chi connectivity index (χ2v) is 7.38. The molecule has 1 amide bonds. The van der Waals surface area contributed by atoms with E-state index in [0.717, 1.165) is 21.4 Å². The van der Waals surface area contributed by atoms with Gasteiger partial charge in [-0.3, -0.25) is 4.79 Å². The van der Waals surface area contributed by atoms with Gasteiger partial charge in [0.15, 0.2) is 5.60 Å². The Morgan fingerprint density at radius 1 is 1.24 bits per heavy atom. The van der Waals surface area contributed by atoms with Gasteiger partial charge in [0.05, 0.1) is 23.7 Å². The Labute approximate surface area is 170 Å². The van der Waals surface area contributed by atoms with Crippen LogP contribution in [0.3, 0.4) is 0 Å². The number of nitriles is 1. The molecular formula is C18H13BrF3N5O2. The van der Waals surface area contributed by atoms with Gasteiger partial charge in [-0.2, -0.15) is 33.4 Å². The van der Waals surface area contributed by atoms with Gasteiger partial charge in [-0.05, 0) is 43.3 Å². The molecule has 3 rings (SSSR count). The minimum Gasteiger partial charge on any atom is -0.378 e. The Morgan fingerprint density at radius 2 is 1.93 bits per heavy atom. The summed E-state index contributed by atoms with van der Waals surface area (Å²) in [4.78, 5) is 13.6. The summed E-state index contributed by atoms with van der Waals surface area (Å²) in [6.07, 6.45) is -4.76. The third-order valence-electron chi connectivity index (χ3n) is 4.03. The number of carbonyl (C=O) groups is 1. The topological polar surface area (TPSA) is 104 Å².